The topological polar surface area (TPSA) is 79.2 Å². The first-order valence-corrected chi connectivity index (χ1v) is 9.13. The molecule has 1 aromatic rings. The summed E-state index contributed by atoms with van der Waals surface area (Å²) in [5.74, 6) is -0.0346. The van der Waals surface area contributed by atoms with Crippen LogP contribution in [0.1, 0.15) is 25.3 Å². The monoisotopic (exact) mass is 352 g/mol. The maximum atomic E-state index is 12.8. The van der Waals surface area contributed by atoms with E-state index in [9.17, 15) is 14.7 Å². The van der Waals surface area contributed by atoms with Crippen LogP contribution in [0.15, 0.2) is 35.5 Å². The summed E-state index contributed by atoms with van der Waals surface area (Å²) in [4.78, 5) is 25.7. The molecule has 6 nitrogen and oxygen atoms in total. The highest BCUT2D eigenvalue weighted by Crippen LogP contribution is 2.73. The van der Waals surface area contributed by atoms with E-state index in [1.54, 1.807) is 12.1 Å². The summed E-state index contributed by atoms with van der Waals surface area (Å²) in [6.07, 6.45) is 8.01. The molecule has 2 saturated carbocycles. The van der Waals surface area contributed by atoms with Gasteiger partial charge in [-0.15, -0.1) is 0 Å². The van der Waals surface area contributed by atoms with E-state index in [-0.39, 0.29) is 46.7 Å². The molecule has 1 N–H and O–H groups in total. The summed E-state index contributed by atoms with van der Waals surface area (Å²) in [5.41, 5.74) is 0.850. The van der Waals surface area contributed by atoms with E-state index in [1.807, 2.05) is 6.92 Å². The van der Waals surface area contributed by atoms with Gasteiger partial charge < -0.3 is 9.84 Å². The number of hydrogen-bond donors (Lipinski definition) is 1. The Balaban J connectivity index is 1.39. The van der Waals surface area contributed by atoms with Gasteiger partial charge in [-0.2, -0.15) is 10.1 Å². The summed E-state index contributed by atoms with van der Waals surface area (Å²) in [7, 11) is 0. The van der Waals surface area contributed by atoms with Crippen molar-refractivity contribution in [1.82, 2.24) is 5.01 Å². The number of benzene rings is 1. The average Bonchev–Trinajstić information content (AvgIpc) is 3.23. The van der Waals surface area contributed by atoms with Gasteiger partial charge in [-0.3, -0.25) is 9.59 Å². The maximum absolute atomic E-state index is 12.8. The highest BCUT2D eigenvalue weighted by molar-refractivity contribution is 6.07. The van der Waals surface area contributed by atoms with Crippen LogP contribution in [0.25, 0.3) is 0 Å². The molecule has 1 heterocycles. The summed E-state index contributed by atoms with van der Waals surface area (Å²) < 4.78 is 5.35. The first-order chi connectivity index (χ1) is 12.6. The van der Waals surface area contributed by atoms with Gasteiger partial charge in [0.25, 0.3) is 11.8 Å². The predicted octanol–water partition coefficient (Wildman–Crippen LogP) is 2.32. The Bertz CT molecular complexity index is 837. The second-order valence-corrected chi connectivity index (χ2v) is 7.61. The highest BCUT2D eigenvalue weighted by Gasteiger charge is 2.73. The number of nitrogens with zero attached hydrogens (tertiary/aromatic N) is 2. The molecule has 1 spiro atoms. The van der Waals surface area contributed by atoms with Crippen LogP contribution in [-0.4, -0.2) is 34.8 Å². The fraction of sp³-hybridized carbons (Fsp3) is 0.450. The number of phenolic OH excluding ortho intramolecular Hbond substituents is 1. The van der Waals surface area contributed by atoms with Crippen LogP contribution in [0, 0.1) is 29.1 Å². The lowest BCUT2D eigenvalue weighted by Crippen LogP contribution is -2.30. The molecule has 0 aromatic heterocycles. The van der Waals surface area contributed by atoms with Crippen LogP contribution < -0.4 is 4.74 Å². The molecule has 134 valence electrons. The Kier molecular flexibility index (Phi) is 3.12. The van der Waals surface area contributed by atoms with Crippen LogP contribution in [0.3, 0.4) is 0 Å². The number of aromatic hydroxyl groups is 1. The van der Waals surface area contributed by atoms with Gasteiger partial charge in [0, 0.05) is 0 Å². The van der Waals surface area contributed by atoms with Gasteiger partial charge in [-0.05, 0) is 60.8 Å². The van der Waals surface area contributed by atoms with E-state index >= 15 is 0 Å². The smallest absolute Gasteiger partial charge is 0.254 e. The summed E-state index contributed by atoms with van der Waals surface area (Å²) in [5, 5.41) is 15.0. The molecule has 4 atom stereocenters. The normalized spacial score (nSPS) is 32.9. The molecule has 1 aliphatic heterocycles. The van der Waals surface area contributed by atoms with E-state index in [4.69, 9.17) is 4.74 Å². The first-order valence-electron chi connectivity index (χ1n) is 9.13. The molecule has 4 unspecified atom stereocenters. The Morgan fingerprint density at radius 1 is 1.23 bits per heavy atom. The minimum Gasteiger partial charge on any atom is -0.504 e. The van der Waals surface area contributed by atoms with Crippen LogP contribution in [-0.2, 0) is 9.59 Å². The Morgan fingerprint density at radius 2 is 1.88 bits per heavy atom. The number of carbonyl (C=O) groups is 2. The molecule has 1 aromatic carbocycles. The Morgan fingerprint density at radius 3 is 2.46 bits per heavy atom. The van der Waals surface area contributed by atoms with Crippen molar-refractivity contribution in [2.75, 3.05) is 6.61 Å². The predicted molar refractivity (Wildman–Crippen MR) is 93.5 cm³/mol. The van der Waals surface area contributed by atoms with E-state index in [1.165, 1.54) is 12.3 Å². The molecule has 3 aliphatic carbocycles. The molecule has 5 rings (SSSR count). The highest BCUT2D eigenvalue weighted by atomic mass is 16.5. The number of hydrazone groups is 1. The third-order valence-corrected chi connectivity index (χ3v) is 6.44. The van der Waals surface area contributed by atoms with Crippen molar-refractivity contribution in [2.45, 2.75) is 19.8 Å². The molecular formula is C20H20N2O4. The van der Waals surface area contributed by atoms with E-state index in [0.29, 0.717) is 17.9 Å². The minimum atomic E-state index is -0.240. The number of carbonyl (C=O) groups excluding carboxylic acids is 2. The van der Waals surface area contributed by atoms with Crippen LogP contribution in [0.2, 0.25) is 0 Å². The third kappa shape index (κ3) is 1.90. The largest absolute Gasteiger partial charge is 0.504 e. The molecule has 4 aliphatic rings. The van der Waals surface area contributed by atoms with Gasteiger partial charge in [0.2, 0.25) is 0 Å². The first kappa shape index (κ1) is 15.6. The van der Waals surface area contributed by atoms with Gasteiger partial charge in [0.05, 0.1) is 24.7 Å². The van der Waals surface area contributed by atoms with E-state index in [2.05, 4.69) is 17.3 Å². The number of ether oxygens (including phenoxy) is 1. The quantitative estimate of drug-likeness (QED) is 0.512. The number of imide groups is 1. The number of fused-ring (bicyclic) bond motifs is 3. The Labute approximate surface area is 151 Å². The van der Waals surface area contributed by atoms with Crippen molar-refractivity contribution in [3.05, 3.63) is 35.9 Å². The zero-order chi connectivity index (χ0) is 18.1. The van der Waals surface area contributed by atoms with Gasteiger partial charge in [0.15, 0.2) is 11.5 Å². The third-order valence-electron chi connectivity index (χ3n) is 6.44. The second kappa shape index (κ2) is 5.19. The minimum absolute atomic E-state index is 0.0456. The number of rotatable bonds is 4. The van der Waals surface area contributed by atoms with Crippen molar-refractivity contribution in [2.24, 2.45) is 34.2 Å². The molecule has 0 radical (unpaired) electrons. The van der Waals surface area contributed by atoms with Crippen molar-refractivity contribution in [3.8, 4) is 11.5 Å². The molecule has 6 heteroatoms. The molecule has 26 heavy (non-hydrogen) atoms. The summed E-state index contributed by atoms with van der Waals surface area (Å²) in [6, 6.07) is 4.81. The molecule has 2 amide bonds. The van der Waals surface area contributed by atoms with Gasteiger partial charge in [0.1, 0.15) is 0 Å². The standard InChI is InChI=1S/C20H20N2O4/c1-2-26-15-9-11(3-6-14(15)23)10-21-22-18(24)16-12-4-5-13(17(16)19(22)25)20(12)7-8-20/h3-6,9-10,12-13,16-17,23H,2,7-8H2,1H3/b21-10+. The number of amides is 2. The van der Waals surface area contributed by atoms with Crippen LogP contribution >= 0.6 is 0 Å². The van der Waals surface area contributed by atoms with Gasteiger partial charge in [-0.25, -0.2) is 0 Å². The fourth-order valence-corrected chi connectivity index (χ4v) is 5.18. The SMILES string of the molecule is CCOc1cc(/C=N/N2C(=O)C3C(C2=O)C2C=CC3C23CC3)ccc1O. The Hall–Kier alpha value is -2.63. The number of hydrogen-bond acceptors (Lipinski definition) is 5. The zero-order valence-electron chi connectivity index (χ0n) is 14.5. The number of phenols is 1. The van der Waals surface area contributed by atoms with E-state index in [0.717, 1.165) is 17.9 Å². The van der Waals surface area contributed by atoms with Crippen LogP contribution in [0.4, 0.5) is 0 Å². The summed E-state index contributed by atoms with van der Waals surface area (Å²) in [6.45, 7) is 2.26. The van der Waals surface area contributed by atoms with Gasteiger partial charge in [-0.1, -0.05) is 12.2 Å². The van der Waals surface area contributed by atoms with Crippen molar-refractivity contribution >= 4 is 18.0 Å². The number of allylic oxidation sites excluding steroid dienone is 2. The van der Waals surface area contributed by atoms with Gasteiger partial charge >= 0.3 is 0 Å². The molecule has 3 fully saturated rings. The second-order valence-electron chi connectivity index (χ2n) is 7.61. The molecule has 1 saturated heterocycles. The molecular weight excluding hydrogens is 332 g/mol. The fourth-order valence-electron chi connectivity index (χ4n) is 5.18. The van der Waals surface area contributed by atoms with Crippen LogP contribution in [0.5, 0.6) is 11.5 Å². The zero-order valence-corrected chi connectivity index (χ0v) is 14.5. The van der Waals surface area contributed by atoms with Crippen molar-refractivity contribution in [1.29, 1.82) is 0 Å². The summed E-state index contributed by atoms with van der Waals surface area (Å²) >= 11 is 0. The van der Waals surface area contributed by atoms with Crippen molar-refractivity contribution in [3.63, 3.8) is 0 Å². The maximum Gasteiger partial charge on any atom is 0.254 e. The molecule has 2 bridgehead atoms. The van der Waals surface area contributed by atoms with E-state index < -0.39 is 0 Å². The lowest BCUT2D eigenvalue weighted by Gasteiger charge is -2.18. The average molecular weight is 352 g/mol. The lowest BCUT2D eigenvalue weighted by atomic mass is 9.85. The van der Waals surface area contributed by atoms with Crippen molar-refractivity contribution < 1.29 is 19.4 Å². The lowest BCUT2D eigenvalue weighted by molar-refractivity contribution is -0.141.